The summed E-state index contributed by atoms with van der Waals surface area (Å²) < 4.78 is 28.0. The molecule has 4 atom stereocenters. The number of hydrogen-bond acceptors (Lipinski definition) is 3. The van der Waals surface area contributed by atoms with Gasteiger partial charge in [0.15, 0.2) is 0 Å². The third-order valence-electron chi connectivity index (χ3n) is 11.1. The number of hydrogen-bond donors (Lipinski definition) is 0. The normalized spacial score (nSPS) is 19.0. The predicted molar refractivity (Wildman–Crippen MR) is 207 cm³/mol. The van der Waals surface area contributed by atoms with E-state index in [0.717, 1.165) is 53.1 Å². The van der Waals surface area contributed by atoms with Crippen LogP contribution < -0.4 is 9.16 Å². The summed E-state index contributed by atoms with van der Waals surface area (Å²) in [5, 5.41) is 0.122. The SMILES string of the molecule is Cc1ccc([S@@](=O)C[C@@]2(C/C=C/C(C)CCCC(C)CCCC(C)C)CCc3c(C)c(O[Si](C)(C)C(C)(C)C)c(C)c(C)c3O2)cc1. The van der Waals surface area contributed by atoms with Gasteiger partial charge in [-0.25, -0.2) is 0 Å². The van der Waals surface area contributed by atoms with Crippen molar-refractivity contribution in [1.29, 1.82) is 0 Å². The molecule has 5 heteroatoms. The van der Waals surface area contributed by atoms with Crippen molar-refractivity contribution in [3.8, 4) is 11.5 Å². The van der Waals surface area contributed by atoms with E-state index in [4.69, 9.17) is 9.16 Å². The molecule has 47 heavy (non-hydrogen) atoms. The Morgan fingerprint density at radius 1 is 0.915 bits per heavy atom. The zero-order valence-electron chi connectivity index (χ0n) is 32.4. The summed E-state index contributed by atoms with van der Waals surface area (Å²) in [6.45, 7) is 29.6. The van der Waals surface area contributed by atoms with Gasteiger partial charge in [-0.3, -0.25) is 4.21 Å². The maximum atomic E-state index is 13.9. The Balaban J connectivity index is 1.82. The third-order valence-corrected chi connectivity index (χ3v) is 17.0. The fourth-order valence-corrected chi connectivity index (χ4v) is 9.04. The quantitative estimate of drug-likeness (QED) is 0.131. The van der Waals surface area contributed by atoms with E-state index in [2.05, 4.69) is 114 Å². The Kier molecular flexibility index (Phi) is 14.1. The molecule has 0 spiro atoms. The molecular formula is C42H68O3SSi. The minimum absolute atomic E-state index is 0.122. The lowest BCUT2D eigenvalue weighted by Gasteiger charge is -2.42. The predicted octanol–water partition coefficient (Wildman–Crippen LogP) is 12.4. The molecule has 2 aromatic carbocycles. The average Bonchev–Trinajstić information content (AvgIpc) is 2.97. The standard InChI is InChI=1S/C42H68O3SSi/c1-30(2)17-14-18-31(3)19-15-20-32(4)21-16-27-42(29-46(43)37-24-22-33(5)23-25-37)28-26-38-36(8)39(34(6)35(7)40(38)44-42)45-47(12,13)41(9,10)11/h16,21-25,30-32H,14-15,17-20,26-29H2,1-13H3/b21-16+/t31?,32?,42-,46+/m1/s1. The van der Waals surface area contributed by atoms with Gasteiger partial charge in [0, 0.05) is 16.9 Å². The summed E-state index contributed by atoms with van der Waals surface area (Å²) in [6.07, 6.45) is 15.1. The van der Waals surface area contributed by atoms with E-state index < -0.39 is 24.7 Å². The van der Waals surface area contributed by atoms with Crippen molar-refractivity contribution in [2.24, 2.45) is 17.8 Å². The molecule has 1 aliphatic rings. The smallest absolute Gasteiger partial charge is 0.250 e. The number of allylic oxidation sites excluding steroid dienone is 1. The molecule has 0 amide bonds. The van der Waals surface area contributed by atoms with Gasteiger partial charge >= 0.3 is 0 Å². The second-order valence-corrected chi connectivity index (χ2v) is 23.1. The number of fused-ring (bicyclic) bond motifs is 1. The molecule has 0 N–H and O–H groups in total. The Labute approximate surface area is 293 Å². The van der Waals surface area contributed by atoms with E-state index in [9.17, 15) is 4.21 Å². The highest BCUT2D eigenvalue weighted by molar-refractivity contribution is 7.85. The summed E-state index contributed by atoms with van der Waals surface area (Å²) in [7, 11) is -3.17. The highest BCUT2D eigenvalue weighted by atomic mass is 32.2. The Morgan fingerprint density at radius 2 is 1.53 bits per heavy atom. The van der Waals surface area contributed by atoms with Gasteiger partial charge in [-0.05, 0) is 112 Å². The molecule has 0 radical (unpaired) electrons. The van der Waals surface area contributed by atoms with Gasteiger partial charge in [-0.2, -0.15) is 0 Å². The lowest BCUT2D eigenvalue weighted by atomic mass is 9.85. The fraction of sp³-hybridized carbons (Fsp3) is 0.667. The largest absolute Gasteiger partial charge is 0.543 e. The molecule has 264 valence electrons. The first-order valence-electron chi connectivity index (χ1n) is 18.5. The molecule has 2 aromatic rings. The number of aryl methyl sites for hydroxylation is 1. The number of benzene rings is 2. The number of ether oxygens (including phenoxy) is 1. The Bertz CT molecular complexity index is 1370. The van der Waals surface area contributed by atoms with Gasteiger partial charge in [0.25, 0.3) is 8.32 Å². The molecule has 1 aliphatic heterocycles. The van der Waals surface area contributed by atoms with Crippen LogP contribution in [0.3, 0.4) is 0 Å². The van der Waals surface area contributed by atoms with E-state index in [0.29, 0.717) is 11.7 Å². The van der Waals surface area contributed by atoms with Crippen molar-refractivity contribution in [2.45, 2.75) is 163 Å². The van der Waals surface area contributed by atoms with Crippen LogP contribution in [0.1, 0.15) is 128 Å². The molecule has 0 saturated heterocycles. The highest BCUT2D eigenvalue weighted by Gasteiger charge is 2.42. The molecule has 0 fully saturated rings. The van der Waals surface area contributed by atoms with Gasteiger partial charge in [0.2, 0.25) is 0 Å². The topological polar surface area (TPSA) is 35.5 Å². The fourth-order valence-electron chi connectivity index (χ4n) is 6.51. The average molecular weight is 681 g/mol. The summed E-state index contributed by atoms with van der Waals surface area (Å²) in [5.41, 5.74) is 5.47. The zero-order chi connectivity index (χ0) is 35.2. The third kappa shape index (κ3) is 10.8. The van der Waals surface area contributed by atoms with Crippen LogP contribution in [0, 0.1) is 45.4 Å². The summed E-state index contributed by atoms with van der Waals surface area (Å²) >= 11 is 0. The van der Waals surface area contributed by atoms with Gasteiger partial charge in [0.05, 0.1) is 16.6 Å². The molecule has 0 aliphatic carbocycles. The molecule has 0 aromatic heterocycles. The second kappa shape index (κ2) is 16.7. The lowest BCUT2D eigenvalue weighted by molar-refractivity contribution is 0.0706. The van der Waals surface area contributed by atoms with E-state index in [-0.39, 0.29) is 5.04 Å². The van der Waals surface area contributed by atoms with E-state index >= 15 is 0 Å². The molecule has 0 bridgehead atoms. The molecule has 2 unspecified atom stereocenters. The van der Waals surface area contributed by atoms with Crippen LogP contribution >= 0.6 is 0 Å². The first-order chi connectivity index (χ1) is 21.9. The summed E-state index contributed by atoms with van der Waals surface area (Å²) in [5.74, 6) is 4.67. The van der Waals surface area contributed by atoms with E-state index in [1.807, 2.05) is 12.1 Å². The Morgan fingerprint density at radius 3 is 2.13 bits per heavy atom. The van der Waals surface area contributed by atoms with Crippen molar-refractivity contribution in [2.75, 3.05) is 5.75 Å². The van der Waals surface area contributed by atoms with E-state index in [1.54, 1.807) is 0 Å². The van der Waals surface area contributed by atoms with Gasteiger partial charge in [-0.15, -0.1) is 0 Å². The van der Waals surface area contributed by atoms with Crippen LogP contribution in [0.5, 0.6) is 11.5 Å². The van der Waals surface area contributed by atoms with Crippen molar-refractivity contribution >= 4 is 19.1 Å². The first-order valence-corrected chi connectivity index (χ1v) is 22.7. The molecule has 3 nitrogen and oxygen atoms in total. The lowest BCUT2D eigenvalue weighted by Crippen LogP contribution is -2.45. The monoisotopic (exact) mass is 680 g/mol. The molecule has 1 heterocycles. The minimum Gasteiger partial charge on any atom is -0.543 e. The van der Waals surface area contributed by atoms with E-state index in [1.165, 1.54) is 60.8 Å². The molecule has 3 rings (SSSR count). The van der Waals surface area contributed by atoms with Gasteiger partial charge in [0.1, 0.15) is 17.1 Å². The van der Waals surface area contributed by atoms with Crippen LogP contribution in [-0.2, 0) is 17.2 Å². The zero-order valence-corrected chi connectivity index (χ0v) is 34.2. The van der Waals surface area contributed by atoms with Gasteiger partial charge < -0.3 is 9.16 Å². The van der Waals surface area contributed by atoms with Gasteiger partial charge in [-0.1, -0.05) is 110 Å². The van der Waals surface area contributed by atoms with Crippen molar-refractivity contribution in [3.05, 3.63) is 64.2 Å². The molecular weight excluding hydrogens is 613 g/mol. The maximum Gasteiger partial charge on any atom is 0.250 e. The van der Waals surface area contributed by atoms with Crippen molar-refractivity contribution in [3.63, 3.8) is 0 Å². The van der Waals surface area contributed by atoms with Crippen LogP contribution in [0.15, 0.2) is 41.3 Å². The first kappa shape index (κ1) is 39.6. The number of rotatable bonds is 16. The van der Waals surface area contributed by atoms with Crippen LogP contribution in [-0.4, -0.2) is 23.9 Å². The Hall–Kier alpha value is -1.85. The van der Waals surface area contributed by atoms with Crippen LogP contribution in [0.4, 0.5) is 0 Å². The second-order valence-electron chi connectivity index (χ2n) is 16.9. The molecule has 0 saturated carbocycles. The highest BCUT2D eigenvalue weighted by Crippen LogP contribution is 2.47. The summed E-state index contributed by atoms with van der Waals surface area (Å²) in [4.78, 5) is 0.881. The maximum absolute atomic E-state index is 13.9. The van der Waals surface area contributed by atoms with Crippen LogP contribution in [0.25, 0.3) is 0 Å². The minimum atomic E-state index is -2.01. The van der Waals surface area contributed by atoms with Crippen molar-refractivity contribution < 1.29 is 13.4 Å². The van der Waals surface area contributed by atoms with Crippen LogP contribution in [0.2, 0.25) is 18.1 Å². The summed E-state index contributed by atoms with van der Waals surface area (Å²) in [6, 6.07) is 8.15. The van der Waals surface area contributed by atoms with Crippen molar-refractivity contribution in [1.82, 2.24) is 0 Å².